The molecule has 0 spiro atoms. The molecule has 0 saturated heterocycles. The summed E-state index contributed by atoms with van der Waals surface area (Å²) in [5, 5.41) is 24.2. The summed E-state index contributed by atoms with van der Waals surface area (Å²) in [6.45, 7) is 1.34. The van der Waals surface area contributed by atoms with Crippen LogP contribution in [0.4, 0.5) is 22.0 Å². The molecule has 0 amide bonds. The molecular weight excluding hydrogens is 397 g/mol. The van der Waals surface area contributed by atoms with Crippen LogP contribution in [0.5, 0.6) is 5.75 Å². The lowest BCUT2D eigenvalue weighted by atomic mass is 9.94. The Balaban J connectivity index is 1.96. The van der Waals surface area contributed by atoms with E-state index in [1.807, 2.05) is 0 Å². The first-order valence-electron chi connectivity index (χ1n) is 8.36. The van der Waals surface area contributed by atoms with Crippen LogP contribution in [0.3, 0.4) is 0 Å². The molecule has 10 heteroatoms. The van der Waals surface area contributed by atoms with Crippen molar-refractivity contribution in [2.45, 2.75) is 24.7 Å². The van der Waals surface area contributed by atoms with Crippen LogP contribution in [-0.2, 0) is 11.9 Å². The Labute approximate surface area is 162 Å². The lowest BCUT2D eigenvalue weighted by Crippen LogP contribution is -2.54. The van der Waals surface area contributed by atoms with Gasteiger partial charge in [-0.15, -0.1) is 5.10 Å². The van der Waals surface area contributed by atoms with Crippen molar-refractivity contribution in [3.63, 3.8) is 0 Å². The quantitative estimate of drug-likeness (QED) is 0.773. The van der Waals surface area contributed by atoms with Gasteiger partial charge in [-0.25, -0.2) is 0 Å². The Morgan fingerprint density at radius 1 is 1.17 bits per heavy atom. The molecule has 152 valence electrons. The summed E-state index contributed by atoms with van der Waals surface area (Å²) in [6, 6.07) is 9.97. The Morgan fingerprint density at radius 2 is 1.83 bits per heavy atom. The molecule has 5 nitrogen and oxygen atoms in total. The predicted molar refractivity (Wildman–Crippen MR) is 91.9 cm³/mol. The van der Waals surface area contributed by atoms with Crippen molar-refractivity contribution in [2.24, 2.45) is 5.10 Å². The van der Waals surface area contributed by atoms with E-state index in [0.29, 0.717) is 17.1 Å². The zero-order valence-corrected chi connectivity index (χ0v) is 14.9. The van der Waals surface area contributed by atoms with E-state index in [1.165, 1.54) is 25.1 Å². The molecule has 1 N–H and O–H groups in total. The number of hydrazone groups is 1. The topological polar surface area (TPSA) is 68.8 Å². The predicted octanol–water partition coefficient (Wildman–Crippen LogP) is 4.09. The van der Waals surface area contributed by atoms with Crippen LogP contribution in [0.2, 0.25) is 0 Å². The minimum atomic E-state index is -4.58. The van der Waals surface area contributed by atoms with Crippen molar-refractivity contribution in [1.82, 2.24) is 5.01 Å². The van der Waals surface area contributed by atoms with Gasteiger partial charge in [-0.05, 0) is 43.3 Å². The van der Waals surface area contributed by atoms with Gasteiger partial charge < -0.3 is 9.84 Å². The largest absolute Gasteiger partial charge is 0.436 e. The highest BCUT2D eigenvalue weighted by molar-refractivity contribution is 5.88. The molecule has 29 heavy (non-hydrogen) atoms. The van der Waals surface area contributed by atoms with Gasteiger partial charge in [-0.2, -0.15) is 27.2 Å². The molecule has 0 bridgehead atoms. The molecule has 0 radical (unpaired) electrons. The number of halogens is 5. The van der Waals surface area contributed by atoms with Crippen LogP contribution in [-0.4, -0.2) is 28.5 Å². The molecule has 2 aromatic carbocycles. The third kappa shape index (κ3) is 3.38. The second-order valence-corrected chi connectivity index (χ2v) is 6.18. The number of nitrogens with zero attached hydrogens (tertiary/aromatic N) is 3. The van der Waals surface area contributed by atoms with Gasteiger partial charge in [-0.1, -0.05) is 12.1 Å². The van der Waals surface area contributed by atoms with Crippen molar-refractivity contribution < 1.29 is 31.8 Å². The number of hydrogen-bond acceptors (Lipinski definition) is 5. The Hall–Kier alpha value is -3.19. The summed E-state index contributed by atoms with van der Waals surface area (Å²) in [5.74, 6) is -5.54. The molecule has 1 unspecified atom stereocenters. The smallest absolute Gasteiger partial charge is 0.416 e. The van der Waals surface area contributed by atoms with Crippen molar-refractivity contribution >= 4 is 5.90 Å². The maximum atomic E-state index is 15.2. The summed E-state index contributed by atoms with van der Waals surface area (Å²) in [7, 11) is 0. The number of alkyl halides is 5. The van der Waals surface area contributed by atoms with Gasteiger partial charge in [0.1, 0.15) is 5.75 Å². The monoisotopic (exact) mass is 411 g/mol. The minimum Gasteiger partial charge on any atom is -0.436 e. The van der Waals surface area contributed by atoms with Crippen molar-refractivity contribution in [3.8, 4) is 11.8 Å². The van der Waals surface area contributed by atoms with E-state index < -0.39 is 29.3 Å². The molecule has 0 fully saturated rings. The van der Waals surface area contributed by atoms with E-state index in [4.69, 9.17) is 10.00 Å². The maximum Gasteiger partial charge on any atom is 0.416 e. The van der Waals surface area contributed by atoms with Crippen molar-refractivity contribution in [1.29, 1.82) is 5.26 Å². The Kier molecular flexibility index (Phi) is 4.96. The van der Waals surface area contributed by atoms with E-state index >= 15 is 8.78 Å². The van der Waals surface area contributed by atoms with Crippen LogP contribution < -0.4 is 4.74 Å². The molecule has 3 rings (SSSR count). The first-order chi connectivity index (χ1) is 13.5. The molecule has 0 saturated carbocycles. The zero-order valence-electron chi connectivity index (χ0n) is 14.9. The minimum absolute atomic E-state index is 0.0554. The van der Waals surface area contributed by atoms with Crippen LogP contribution in [0.15, 0.2) is 53.6 Å². The number of benzene rings is 2. The molecule has 1 heterocycles. The number of ether oxygens (including phenoxy) is 1. The summed E-state index contributed by atoms with van der Waals surface area (Å²) >= 11 is 0. The molecule has 2 aromatic rings. The lowest BCUT2D eigenvalue weighted by Gasteiger charge is -2.35. The van der Waals surface area contributed by atoms with Gasteiger partial charge in [0, 0.05) is 12.1 Å². The van der Waals surface area contributed by atoms with Gasteiger partial charge >= 0.3 is 12.1 Å². The molecule has 1 atom stereocenters. The molecule has 1 aliphatic heterocycles. The van der Waals surface area contributed by atoms with Gasteiger partial charge in [0.25, 0.3) is 11.6 Å². The summed E-state index contributed by atoms with van der Waals surface area (Å²) in [6.07, 6.45) is -4.58. The van der Waals surface area contributed by atoms with Crippen LogP contribution in [0.1, 0.15) is 23.6 Å². The third-order valence-corrected chi connectivity index (χ3v) is 4.38. The number of aliphatic hydroxyl groups is 1. The normalized spacial score (nSPS) is 20.9. The van der Waals surface area contributed by atoms with Crippen LogP contribution in [0.25, 0.3) is 0 Å². The number of rotatable bonds is 3. The van der Waals surface area contributed by atoms with Gasteiger partial charge in [-0.3, -0.25) is 5.01 Å². The molecule has 0 aromatic heterocycles. The summed E-state index contributed by atoms with van der Waals surface area (Å²) in [5.41, 5.74) is -4.13. The van der Waals surface area contributed by atoms with Crippen LogP contribution >= 0.6 is 0 Å². The number of nitriles is 1. The van der Waals surface area contributed by atoms with E-state index in [1.54, 1.807) is 6.07 Å². The van der Waals surface area contributed by atoms with Crippen molar-refractivity contribution in [2.75, 3.05) is 6.54 Å². The summed E-state index contributed by atoms with van der Waals surface area (Å²) < 4.78 is 73.3. The van der Waals surface area contributed by atoms with Gasteiger partial charge in [0.2, 0.25) is 0 Å². The highest BCUT2D eigenvalue weighted by Crippen LogP contribution is 2.46. The standard InChI is InChI=1S/C19H14F5N3O2/c1-2-27-18(28,14-5-3-4-12(10-14)11-25)17(20,21)16(26-27)29-15-8-6-13(7-9-15)19(22,23)24/h3-10,28H,2H2,1H3. The fourth-order valence-corrected chi connectivity index (χ4v) is 2.90. The van der Waals surface area contributed by atoms with E-state index in [-0.39, 0.29) is 23.4 Å². The zero-order chi connectivity index (χ0) is 21.4. The first-order valence-corrected chi connectivity index (χ1v) is 8.36. The SMILES string of the molecule is CCN1N=C(Oc2ccc(C(F)(F)F)cc2)C(F)(F)C1(O)c1cccc(C#N)c1. The second kappa shape index (κ2) is 7.00. The Morgan fingerprint density at radius 3 is 2.38 bits per heavy atom. The fraction of sp³-hybridized carbons (Fsp3) is 0.263. The highest BCUT2D eigenvalue weighted by atomic mass is 19.4. The molecule has 1 aliphatic rings. The summed E-state index contributed by atoms with van der Waals surface area (Å²) in [4.78, 5) is 0. The van der Waals surface area contributed by atoms with E-state index in [0.717, 1.165) is 18.2 Å². The second-order valence-electron chi connectivity index (χ2n) is 6.18. The Bertz CT molecular complexity index is 983. The van der Waals surface area contributed by atoms with Crippen LogP contribution in [0, 0.1) is 11.3 Å². The molecular formula is C19H14F5N3O2. The molecule has 0 aliphatic carbocycles. The van der Waals surface area contributed by atoms with E-state index in [9.17, 15) is 18.3 Å². The van der Waals surface area contributed by atoms with Gasteiger partial charge in [0.05, 0.1) is 17.2 Å². The highest BCUT2D eigenvalue weighted by Gasteiger charge is 2.67. The number of hydrogen-bond donors (Lipinski definition) is 1. The first kappa shape index (κ1) is 20.5. The third-order valence-electron chi connectivity index (χ3n) is 4.38. The van der Waals surface area contributed by atoms with E-state index in [2.05, 4.69) is 5.10 Å². The lowest BCUT2D eigenvalue weighted by molar-refractivity contribution is -0.218. The maximum absolute atomic E-state index is 15.2. The average molecular weight is 411 g/mol. The van der Waals surface area contributed by atoms with Crippen molar-refractivity contribution in [3.05, 3.63) is 65.2 Å². The average Bonchev–Trinajstić information content (AvgIpc) is 2.88. The fourth-order valence-electron chi connectivity index (χ4n) is 2.90. The van der Waals surface area contributed by atoms with Gasteiger partial charge in [0.15, 0.2) is 0 Å².